The number of esters is 2. The summed E-state index contributed by atoms with van der Waals surface area (Å²) in [5.74, 6) is 1.32. The summed E-state index contributed by atoms with van der Waals surface area (Å²) in [7, 11) is 0. The fourth-order valence-corrected chi connectivity index (χ4v) is 7.09. The van der Waals surface area contributed by atoms with Crippen LogP contribution in [0, 0.1) is 17.3 Å². The van der Waals surface area contributed by atoms with Gasteiger partial charge in [-0.05, 0) is 77.0 Å². The lowest BCUT2D eigenvalue weighted by atomic mass is 9.79. The van der Waals surface area contributed by atoms with Crippen LogP contribution < -0.4 is 9.47 Å². The minimum atomic E-state index is -0.412. The first-order valence-electron chi connectivity index (χ1n) is 14.7. The molecule has 2 aromatic carbocycles. The number of benzene rings is 2. The molecule has 4 rings (SSSR count). The molecule has 4 heteroatoms. The van der Waals surface area contributed by atoms with Crippen LogP contribution >= 0.6 is 0 Å². The maximum absolute atomic E-state index is 13.9. The van der Waals surface area contributed by atoms with Gasteiger partial charge in [-0.1, -0.05) is 93.5 Å². The van der Waals surface area contributed by atoms with Gasteiger partial charge in [-0.15, -0.1) is 0 Å². The minimum absolute atomic E-state index is 0.0279. The van der Waals surface area contributed by atoms with Crippen LogP contribution in [0.15, 0.2) is 47.5 Å². The van der Waals surface area contributed by atoms with Gasteiger partial charge in [0.2, 0.25) is 0 Å². The van der Waals surface area contributed by atoms with Crippen LogP contribution in [-0.4, -0.2) is 11.9 Å². The third kappa shape index (κ3) is 5.19. The Balaban J connectivity index is 1.76. The second kappa shape index (κ2) is 10.9. The zero-order valence-corrected chi connectivity index (χ0v) is 25.5. The van der Waals surface area contributed by atoms with Gasteiger partial charge in [0, 0.05) is 11.1 Å². The van der Waals surface area contributed by atoms with E-state index in [2.05, 4.69) is 81.4 Å². The van der Waals surface area contributed by atoms with Crippen molar-refractivity contribution in [3.8, 4) is 11.5 Å². The van der Waals surface area contributed by atoms with Crippen LogP contribution in [0.5, 0.6) is 11.5 Å². The molecule has 0 aromatic heterocycles. The van der Waals surface area contributed by atoms with Gasteiger partial charge in [-0.25, -0.2) is 9.59 Å². The van der Waals surface area contributed by atoms with E-state index in [4.69, 9.17) is 9.47 Å². The van der Waals surface area contributed by atoms with Crippen molar-refractivity contribution in [2.45, 2.75) is 106 Å². The fourth-order valence-electron chi connectivity index (χ4n) is 7.09. The van der Waals surface area contributed by atoms with E-state index >= 15 is 0 Å². The van der Waals surface area contributed by atoms with Gasteiger partial charge >= 0.3 is 11.9 Å². The van der Waals surface area contributed by atoms with E-state index in [9.17, 15) is 9.59 Å². The molecular formula is C35H46O4. The molecule has 1 saturated carbocycles. The Morgan fingerprint density at radius 2 is 1.00 bits per heavy atom. The lowest BCUT2D eigenvalue weighted by Gasteiger charge is -2.26. The summed E-state index contributed by atoms with van der Waals surface area (Å²) in [4.78, 5) is 27.9. The summed E-state index contributed by atoms with van der Waals surface area (Å²) in [6.07, 6.45) is 1.75. The molecule has 2 aliphatic carbocycles. The Kier molecular flexibility index (Phi) is 8.17. The molecule has 0 N–H and O–H groups in total. The second-order valence-corrected chi connectivity index (χ2v) is 13.2. The molecule has 2 bridgehead atoms. The molecule has 210 valence electrons. The Morgan fingerprint density at radius 3 is 1.31 bits per heavy atom. The lowest BCUT2D eigenvalue weighted by molar-refractivity contribution is -0.133. The standard InChI is InChI=1S/C35H46O4/c1-19(2)23-13-11-15-27(29(23)21(5)6)38-33(36)31-25-17-18-26(35(25,9)10)32(31)34(37)39-28-16-12-14-24(20(3)4)30(28)22(7)8/h11-16,19-22,25-26H,17-18H2,1-10H3. The number of carbonyl (C=O) groups excluding carboxylic acids is 2. The van der Waals surface area contributed by atoms with Gasteiger partial charge in [0.25, 0.3) is 0 Å². The van der Waals surface area contributed by atoms with Gasteiger partial charge in [-0.2, -0.15) is 0 Å². The molecule has 4 nitrogen and oxygen atoms in total. The Labute approximate surface area is 235 Å². The monoisotopic (exact) mass is 530 g/mol. The molecule has 0 radical (unpaired) electrons. The second-order valence-electron chi connectivity index (χ2n) is 13.2. The number of carbonyl (C=O) groups is 2. The van der Waals surface area contributed by atoms with Gasteiger partial charge in [0.15, 0.2) is 0 Å². The zero-order chi connectivity index (χ0) is 28.8. The maximum Gasteiger partial charge on any atom is 0.340 e. The number of fused-ring (bicyclic) bond motifs is 2. The highest BCUT2D eigenvalue weighted by molar-refractivity contribution is 6.04. The Hall–Kier alpha value is -2.88. The van der Waals surface area contributed by atoms with E-state index in [0.717, 1.165) is 24.0 Å². The molecule has 2 atom stereocenters. The predicted octanol–water partition coefficient (Wildman–Crippen LogP) is 9.05. The van der Waals surface area contributed by atoms with E-state index in [1.165, 1.54) is 11.1 Å². The molecule has 39 heavy (non-hydrogen) atoms. The highest BCUT2D eigenvalue weighted by Gasteiger charge is 2.57. The van der Waals surface area contributed by atoms with Crippen molar-refractivity contribution in [2.75, 3.05) is 0 Å². The van der Waals surface area contributed by atoms with E-state index in [1.807, 2.05) is 24.3 Å². The van der Waals surface area contributed by atoms with Crippen LogP contribution in [0.25, 0.3) is 0 Å². The summed E-state index contributed by atoms with van der Waals surface area (Å²) in [5, 5.41) is 0. The molecule has 0 saturated heterocycles. The first-order chi connectivity index (χ1) is 18.3. The first-order valence-corrected chi connectivity index (χ1v) is 14.7. The van der Waals surface area contributed by atoms with Crippen molar-refractivity contribution in [3.05, 3.63) is 69.8 Å². The van der Waals surface area contributed by atoms with E-state index in [-0.39, 0.29) is 29.1 Å². The van der Waals surface area contributed by atoms with E-state index < -0.39 is 11.9 Å². The topological polar surface area (TPSA) is 52.6 Å². The van der Waals surface area contributed by atoms with Crippen molar-refractivity contribution in [2.24, 2.45) is 17.3 Å². The van der Waals surface area contributed by atoms with Crippen LogP contribution in [0.1, 0.15) is 128 Å². The number of rotatable bonds is 8. The molecule has 0 heterocycles. The normalized spacial score (nSPS) is 20.1. The smallest absolute Gasteiger partial charge is 0.340 e. The molecule has 0 aliphatic heterocycles. The summed E-state index contributed by atoms with van der Waals surface area (Å²) in [6, 6.07) is 11.9. The number of hydrogen-bond donors (Lipinski definition) is 0. The zero-order valence-electron chi connectivity index (χ0n) is 25.5. The molecule has 1 fully saturated rings. The van der Waals surface area contributed by atoms with Crippen molar-refractivity contribution in [3.63, 3.8) is 0 Å². The molecule has 2 aromatic rings. The van der Waals surface area contributed by atoms with Crippen molar-refractivity contribution < 1.29 is 19.1 Å². The predicted molar refractivity (Wildman–Crippen MR) is 158 cm³/mol. The molecule has 2 aliphatic rings. The van der Waals surface area contributed by atoms with Gasteiger partial charge in [0.05, 0.1) is 11.1 Å². The number of ether oxygens (including phenoxy) is 2. The quantitative estimate of drug-likeness (QED) is 0.252. The first kappa shape index (κ1) is 29.1. The third-order valence-electron chi connectivity index (χ3n) is 8.97. The Bertz CT molecular complexity index is 1190. The lowest BCUT2D eigenvalue weighted by Crippen LogP contribution is -2.25. The van der Waals surface area contributed by atoms with Gasteiger partial charge in [0.1, 0.15) is 11.5 Å². The molecule has 0 amide bonds. The van der Waals surface area contributed by atoms with Crippen LogP contribution in [0.3, 0.4) is 0 Å². The largest absolute Gasteiger partial charge is 0.423 e. The van der Waals surface area contributed by atoms with E-state index in [0.29, 0.717) is 34.5 Å². The van der Waals surface area contributed by atoms with Crippen molar-refractivity contribution >= 4 is 11.9 Å². The molecule has 2 unspecified atom stereocenters. The summed E-state index contributed by atoms with van der Waals surface area (Å²) >= 11 is 0. The summed E-state index contributed by atoms with van der Waals surface area (Å²) < 4.78 is 12.3. The maximum atomic E-state index is 13.9. The van der Waals surface area contributed by atoms with Crippen LogP contribution in [0.2, 0.25) is 0 Å². The minimum Gasteiger partial charge on any atom is -0.423 e. The summed E-state index contributed by atoms with van der Waals surface area (Å²) in [5.41, 5.74) is 5.30. The van der Waals surface area contributed by atoms with Gasteiger partial charge in [-0.3, -0.25) is 0 Å². The van der Waals surface area contributed by atoms with Crippen molar-refractivity contribution in [1.29, 1.82) is 0 Å². The average Bonchev–Trinajstić information content (AvgIpc) is 3.27. The van der Waals surface area contributed by atoms with Crippen LogP contribution in [0.4, 0.5) is 0 Å². The number of hydrogen-bond acceptors (Lipinski definition) is 4. The third-order valence-corrected chi connectivity index (χ3v) is 8.97. The van der Waals surface area contributed by atoms with Crippen LogP contribution in [-0.2, 0) is 9.59 Å². The highest BCUT2D eigenvalue weighted by Crippen LogP contribution is 2.60. The molecular weight excluding hydrogens is 484 g/mol. The highest BCUT2D eigenvalue weighted by atomic mass is 16.5. The average molecular weight is 531 g/mol. The SMILES string of the molecule is CC(C)c1cccc(OC(=O)C2=C(C(=O)Oc3cccc(C(C)C)c3C(C)C)C3CCC2C3(C)C)c1C(C)C. The molecule has 0 spiro atoms. The van der Waals surface area contributed by atoms with Gasteiger partial charge < -0.3 is 9.47 Å². The summed E-state index contributed by atoms with van der Waals surface area (Å²) in [6.45, 7) is 21.4. The van der Waals surface area contributed by atoms with Crippen molar-refractivity contribution in [1.82, 2.24) is 0 Å². The van der Waals surface area contributed by atoms with E-state index in [1.54, 1.807) is 0 Å². The fraction of sp³-hybridized carbons (Fsp3) is 0.543. The Morgan fingerprint density at radius 1 is 0.641 bits per heavy atom.